The monoisotopic (exact) mass is 591 g/mol. The van der Waals surface area contributed by atoms with Gasteiger partial charge in [-0.3, -0.25) is 9.69 Å². The maximum atomic E-state index is 17.2. The average Bonchev–Trinajstić information content (AvgIpc) is 3.77. The van der Waals surface area contributed by atoms with Crippen LogP contribution in [-0.4, -0.2) is 52.8 Å². The van der Waals surface area contributed by atoms with Crippen LogP contribution in [0.2, 0.25) is 0 Å². The van der Waals surface area contributed by atoms with Gasteiger partial charge in [0, 0.05) is 41.8 Å². The zero-order chi connectivity index (χ0) is 30.3. The molecule has 2 aromatic carbocycles. The Morgan fingerprint density at radius 1 is 1.23 bits per heavy atom. The van der Waals surface area contributed by atoms with Crippen molar-refractivity contribution in [1.29, 1.82) is 5.26 Å². The molecule has 6 atom stereocenters. The highest BCUT2D eigenvalue weighted by Gasteiger charge is 2.48. The second kappa shape index (κ2) is 10.4. The van der Waals surface area contributed by atoms with Crippen LogP contribution in [0.4, 0.5) is 4.39 Å². The summed E-state index contributed by atoms with van der Waals surface area (Å²) in [7, 11) is 2.10. The summed E-state index contributed by atoms with van der Waals surface area (Å²) in [6.07, 6.45) is 7.45. The lowest BCUT2D eigenvalue weighted by atomic mass is 9.78. The van der Waals surface area contributed by atoms with E-state index in [9.17, 15) is 10.1 Å². The van der Waals surface area contributed by atoms with Crippen LogP contribution in [0.25, 0.3) is 32.9 Å². The van der Waals surface area contributed by atoms with Crippen LogP contribution >= 0.6 is 0 Å². The van der Waals surface area contributed by atoms with Gasteiger partial charge in [0.2, 0.25) is 5.88 Å². The largest absolute Gasteiger partial charge is 0.472 e. The van der Waals surface area contributed by atoms with E-state index < -0.39 is 5.82 Å². The second-order valence-electron chi connectivity index (χ2n) is 13.5. The van der Waals surface area contributed by atoms with E-state index in [0.717, 1.165) is 73.9 Å². The molecule has 226 valence electrons. The van der Waals surface area contributed by atoms with Gasteiger partial charge in [-0.1, -0.05) is 18.2 Å². The van der Waals surface area contributed by atoms with Crippen LogP contribution in [0.1, 0.15) is 67.7 Å². The summed E-state index contributed by atoms with van der Waals surface area (Å²) in [4.78, 5) is 20.8. The molecule has 4 fully saturated rings. The van der Waals surface area contributed by atoms with Crippen molar-refractivity contribution in [3.8, 4) is 23.1 Å². The second-order valence-corrected chi connectivity index (χ2v) is 13.5. The standard InChI is InChI=1S/C36H38FN5O2/c1-19-15-25-33(32(37)29(19)24-10-5-8-21-7-4-9-22(17-38)30(21)24)40-36(44-20(2)27-11-6-13-41(27)3)31-28(43)12-14-42(35(25)31)34-23-16-26(34)39-18-23/h5,8,10,12,14-15,20,22-23,26-27,34,39H,4,6-7,9,11,13,16,18H2,1-3H3/t20-,22?,23-,26-,27+,34+/m0/s1. The van der Waals surface area contributed by atoms with Crippen molar-refractivity contribution in [3.05, 3.63) is 69.3 Å². The van der Waals surface area contributed by atoms with Gasteiger partial charge < -0.3 is 14.6 Å². The van der Waals surface area contributed by atoms with E-state index in [4.69, 9.17) is 9.72 Å². The SMILES string of the molecule is Cc1cc2c(nc(O[C@@H](C)[C@H]3CCCN3C)c3c(=O)ccn([C@@H]4[C@@H]5CN[C@H]4C5)c32)c(F)c1-c1cccc2c1C(C#N)CCC2. The maximum absolute atomic E-state index is 17.2. The lowest BCUT2D eigenvalue weighted by Crippen LogP contribution is -2.39. The molecule has 8 heteroatoms. The number of hydrogen-bond acceptors (Lipinski definition) is 6. The Bertz CT molecular complexity index is 1910. The predicted molar refractivity (Wildman–Crippen MR) is 170 cm³/mol. The normalized spacial score (nSPS) is 26.8. The number of aryl methyl sites for hydroxylation is 2. The lowest BCUT2D eigenvalue weighted by Gasteiger charge is -2.37. The molecule has 4 aromatic rings. The molecule has 5 heterocycles. The molecule has 2 aromatic heterocycles. The van der Waals surface area contributed by atoms with Crippen molar-refractivity contribution in [2.24, 2.45) is 5.92 Å². The molecule has 1 saturated carbocycles. The number of nitrogens with one attached hydrogen (secondary N) is 1. The van der Waals surface area contributed by atoms with Crippen molar-refractivity contribution in [1.82, 2.24) is 19.8 Å². The van der Waals surface area contributed by atoms with E-state index >= 15 is 4.39 Å². The molecule has 1 unspecified atom stereocenters. The highest BCUT2D eigenvalue weighted by atomic mass is 19.1. The summed E-state index contributed by atoms with van der Waals surface area (Å²) in [5.41, 5.74) is 4.81. The minimum absolute atomic E-state index is 0.164. The van der Waals surface area contributed by atoms with Crippen molar-refractivity contribution in [3.63, 3.8) is 0 Å². The number of likely N-dealkylation sites (tertiary alicyclic amines) is 1. The van der Waals surface area contributed by atoms with Crippen LogP contribution in [0.3, 0.4) is 0 Å². The van der Waals surface area contributed by atoms with Crippen molar-refractivity contribution in [2.75, 3.05) is 20.1 Å². The fraction of sp³-hybridized carbons (Fsp3) is 0.472. The van der Waals surface area contributed by atoms with Crippen molar-refractivity contribution < 1.29 is 9.13 Å². The zero-order valence-corrected chi connectivity index (χ0v) is 25.6. The average molecular weight is 592 g/mol. The topological polar surface area (TPSA) is 83.2 Å². The third-order valence-electron chi connectivity index (χ3n) is 11.0. The molecule has 3 aliphatic heterocycles. The maximum Gasteiger partial charge on any atom is 0.227 e. The molecule has 5 aliphatic rings. The van der Waals surface area contributed by atoms with Crippen LogP contribution in [0, 0.1) is 30.0 Å². The Labute approximate surface area is 256 Å². The first-order valence-electron chi connectivity index (χ1n) is 16.2. The summed E-state index contributed by atoms with van der Waals surface area (Å²) < 4.78 is 26.0. The highest BCUT2D eigenvalue weighted by molar-refractivity contribution is 6.07. The zero-order valence-electron chi connectivity index (χ0n) is 25.6. The van der Waals surface area contributed by atoms with Gasteiger partial charge in [-0.15, -0.1) is 0 Å². The third-order valence-corrected chi connectivity index (χ3v) is 11.0. The number of halogens is 1. The third kappa shape index (κ3) is 4.05. The van der Waals surface area contributed by atoms with E-state index in [-0.39, 0.29) is 40.9 Å². The molecule has 2 aliphatic carbocycles. The summed E-state index contributed by atoms with van der Waals surface area (Å²) in [6, 6.07) is 12.8. The molecule has 3 saturated heterocycles. The Balaban J connectivity index is 1.40. The number of fused-ring (bicyclic) bond motifs is 5. The van der Waals surface area contributed by atoms with Crippen molar-refractivity contribution >= 4 is 21.8 Å². The number of benzene rings is 2. The molecular weight excluding hydrogens is 553 g/mol. The predicted octanol–water partition coefficient (Wildman–Crippen LogP) is 6.00. The molecule has 44 heavy (non-hydrogen) atoms. The van der Waals surface area contributed by atoms with Gasteiger partial charge in [-0.25, -0.2) is 9.37 Å². The molecular formula is C36H38FN5O2. The molecule has 0 spiro atoms. The smallest absolute Gasteiger partial charge is 0.227 e. The number of pyridine rings is 2. The Hall–Kier alpha value is -3.80. The van der Waals surface area contributed by atoms with E-state index in [2.05, 4.69) is 34.0 Å². The number of aromatic nitrogens is 2. The van der Waals surface area contributed by atoms with E-state index in [0.29, 0.717) is 33.8 Å². The number of rotatable bonds is 5. The first-order valence-corrected chi connectivity index (χ1v) is 16.2. The minimum Gasteiger partial charge on any atom is -0.472 e. The molecule has 0 amide bonds. The lowest BCUT2D eigenvalue weighted by molar-refractivity contribution is 0.119. The first kappa shape index (κ1) is 27.7. The Kier molecular flexibility index (Phi) is 6.55. The summed E-state index contributed by atoms with van der Waals surface area (Å²) in [5.74, 6) is -0.0270. The molecule has 0 radical (unpaired) electrons. The van der Waals surface area contributed by atoms with Gasteiger partial charge >= 0.3 is 0 Å². The van der Waals surface area contributed by atoms with Gasteiger partial charge in [0.15, 0.2) is 11.2 Å². The molecule has 7 nitrogen and oxygen atoms in total. The van der Waals surface area contributed by atoms with Crippen LogP contribution in [-0.2, 0) is 6.42 Å². The van der Waals surface area contributed by atoms with Crippen LogP contribution in [0.5, 0.6) is 5.88 Å². The Morgan fingerprint density at radius 2 is 2.09 bits per heavy atom. The Morgan fingerprint density at radius 3 is 2.82 bits per heavy atom. The fourth-order valence-corrected chi connectivity index (χ4v) is 8.79. The van der Waals surface area contributed by atoms with Gasteiger partial charge in [0.05, 0.1) is 23.5 Å². The van der Waals surface area contributed by atoms with Gasteiger partial charge in [-0.2, -0.15) is 5.26 Å². The molecule has 2 bridgehead atoms. The molecule has 9 rings (SSSR count). The van der Waals surface area contributed by atoms with Gasteiger partial charge in [0.25, 0.3) is 0 Å². The van der Waals surface area contributed by atoms with E-state index in [1.165, 1.54) is 0 Å². The molecule has 1 N–H and O–H groups in total. The summed E-state index contributed by atoms with van der Waals surface area (Å²) in [6.45, 7) is 5.89. The van der Waals surface area contributed by atoms with Crippen LogP contribution in [0.15, 0.2) is 41.3 Å². The highest BCUT2D eigenvalue weighted by Crippen LogP contribution is 2.47. The summed E-state index contributed by atoms with van der Waals surface area (Å²) >= 11 is 0. The van der Waals surface area contributed by atoms with Crippen molar-refractivity contribution in [2.45, 2.75) is 82.5 Å². The van der Waals surface area contributed by atoms with Gasteiger partial charge in [-0.05, 0) is 100 Å². The van der Waals surface area contributed by atoms with E-state index in [1.807, 2.05) is 38.2 Å². The van der Waals surface area contributed by atoms with E-state index in [1.54, 1.807) is 6.07 Å². The quantitative estimate of drug-likeness (QED) is 0.287. The number of hydrogen-bond donors (Lipinski definition) is 1. The summed E-state index contributed by atoms with van der Waals surface area (Å²) in [5, 5.41) is 14.7. The van der Waals surface area contributed by atoms with Gasteiger partial charge in [0.1, 0.15) is 17.0 Å². The first-order chi connectivity index (χ1) is 21.4. The minimum atomic E-state index is -0.425. The fourth-order valence-electron chi connectivity index (χ4n) is 8.79. The number of likely N-dealkylation sites (N-methyl/N-ethyl adjacent to an activating group) is 1. The number of nitriles is 1. The number of ether oxygens (including phenoxy) is 1. The number of nitrogens with zero attached hydrogens (tertiary/aromatic N) is 4. The van der Waals surface area contributed by atoms with Crippen LogP contribution < -0.4 is 15.5 Å².